The molecule has 17 heavy (non-hydrogen) atoms. The molecule has 0 aromatic carbocycles. The Morgan fingerprint density at radius 3 is 2.35 bits per heavy atom. The van der Waals surface area contributed by atoms with Crippen molar-refractivity contribution >= 4 is 6.29 Å². The summed E-state index contributed by atoms with van der Waals surface area (Å²) in [6, 6.07) is 0.127. The van der Waals surface area contributed by atoms with Crippen LogP contribution in [0.4, 0.5) is 0 Å². The lowest BCUT2D eigenvalue weighted by molar-refractivity contribution is -0.110. The van der Waals surface area contributed by atoms with Crippen LogP contribution in [0.15, 0.2) is 23.5 Å². The summed E-state index contributed by atoms with van der Waals surface area (Å²) >= 11 is 0. The van der Waals surface area contributed by atoms with Crippen molar-refractivity contribution in [1.29, 1.82) is 0 Å². The SMILES string of the molecule is CC(C)C=O.CNC1=CC(C(C)N)=CCN1C. The van der Waals surface area contributed by atoms with Crippen LogP contribution in [0, 0.1) is 5.92 Å². The van der Waals surface area contributed by atoms with Crippen molar-refractivity contribution in [3.05, 3.63) is 23.5 Å². The quantitative estimate of drug-likeness (QED) is 0.724. The van der Waals surface area contributed by atoms with E-state index in [0.29, 0.717) is 0 Å². The first-order valence-electron chi connectivity index (χ1n) is 5.93. The van der Waals surface area contributed by atoms with Gasteiger partial charge in [-0.25, -0.2) is 0 Å². The molecule has 4 nitrogen and oxygen atoms in total. The first kappa shape index (κ1) is 15.7. The molecule has 98 valence electrons. The van der Waals surface area contributed by atoms with Crippen LogP contribution < -0.4 is 11.1 Å². The van der Waals surface area contributed by atoms with Crippen LogP contribution in [0.1, 0.15) is 20.8 Å². The minimum atomic E-state index is 0.127. The van der Waals surface area contributed by atoms with Crippen LogP contribution in [-0.2, 0) is 4.79 Å². The van der Waals surface area contributed by atoms with E-state index in [4.69, 9.17) is 5.73 Å². The molecule has 0 bridgehead atoms. The molecule has 0 aliphatic carbocycles. The van der Waals surface area contributed by atoms with Crippen LogP contribution in [0.25, 0.3) is 0 Å². The molecule has 1 aliphatic heterocycles. The molecule has 1 unspecified atom stereocenters. The largest absolute Gasteiger partial charge is 0.375 e. The van der Waals surface area contributed by atoms with Crippen molar-refractivity contribution in [2.45, 2.75) is 26.8 Å². The van der Waals surface area contributed by atoms with Crippen molar-refractivity contribution in [3.63, 3.8) is 0 Å². The van der Waals surface area contributed by atoms with E-state index >= 15 is 0 Å². The molecule has 1 aliphatic rings. The molecule has 3 N–H and O–H groups in total. The predicted molar refractivity (Wildman–Crippen MR) is 72.4 cm³/mol. The van der Waals surface area contributed by atoms with E-state index in [9.17, 15) is 4.79 Å². The fourth-order valence-corrected chi connectivity index (χ4v) is 1.25. The lowest BCUT2D eigenvalue weighted by Gasteiger charge is -2.26. The Morgan fingerprint density at radius 2 is 2.00 bits per heavy atom. The van der Waals surface area contributed by atoms with E-state index in [2.05, 4.69) is 29.4 Å². The molecular formula is C13H25N3O. The molecule has 0 spiro atoms. The molecule has 1 atom stereocenters. The third-order valence-electron chi connectivity index (χ3n) is 2.37. The fourth-order valence-electron chi connectivity index (χ4n) is 1.25. The molecule has 0 radical (unpaired) electrons. The van der Waals surface area contributed by atoms with E-state index in [1.807, 2.05) is 27.8 Å². The molecule has 0 amide bonds. The number of carbonyl (C=O) groups is 1. The molecular weight excluding hydrogens is 214 g/mol. The highest BCUT2D eigenvalue weighted by Gasteiger charge is 2.10. The van der Waals surface area contributed by atoms with Gasteiger partial charge >= 0.3 is 0 Å². The van der Waals surface area contributed by atoms with Crippen molar-refractivity contribution in [3.8, 4) is 0 Å². The standard InChI is InChI=1S/C9H17N3.C4H8O/c1-7(10)8-4-5-12(3)9(6-8)11-2;1-4(2)3-5/h4,6-7,11H,5,10H2,1-3H3;3-4H,1-2H3. The summed E-state index contributed by atoms with van der Waals surface area (Å²) in [7, 11) is 3.98. The number of likely N-dealkylation sites (N-methyl/N-ethyl adjacent to an activating group) is 1. The predicted octanol–water partition coefficient (Wildman–Crippen LogP) is 1.11. The average molecular weight is 239 g/mol. The number of nitrogens with zero attached hydrogens (tertiary/aromatic N) is 1. The van der Waals surface area contributed by atoms with E-state index in [0.717, 1.165) is 18.7 Å². The number of aldehydes is 1. The van der Waals surface area contributed by atoms with Crippen molar-refractivity contribution < 1.29 is 4.79 Å². The van der Waals surface area contributed by atoms with Crippen LogP contribution in [0.2, 0.25) is 0 Å². The summed E-state index contributed by atoms with van der Waals surface area (Å²) in [5.74, 6) is 1.33. The zero-order valence-electron chi connectivity index (χ0n) is 11.5. The zero-order chi connectivity index (χ0) is 13.4. The van der Waals surface area contributed by atoms with E-state index in [-0.39, 0.29) is 12.0 Å². The molecule has 1 heterocycles. The number of nitrogens with two attached hydrogens (primary N) is 1. The number of rotatable bonds is 3. The van der Waals surface area contributed by atoms with E-state index < -0.39 is 0 Å². The summed E-state index contributed by atoms with van der Waals surface area (Å²) in [6.07, 6.45) is 5.17. The highest BCUT2D eigenvalue weighted by molar-refractivity contribution is 5.51. The fraction of sp³-hybridized carbons (Fsp3) is 0.615. The average Bonchev–Trinajstić information content (AvgIpc) is 2.30. The van der Waals surface area contributed by atoms with Crippen molar-refractivity contribution in [2.75, 3.05) is 20.6 Å². The zero-order valence-corrected chi connectivity index (χ0v) is 11.5. The monoisotopic (exact) mass is 239 g/mol. The molecule has 4 heteroatoms. The number of nitrogens with one attached hydrogen (secondary N) is 1. The van der Waals surface area contributed by atoms with Gasteiger partial charge in [-0.05, 0) is 18.6 Å². The number of hydrogen-bond acceptors (Lipinski definition) is 4. The summed E-state index contributed by atoms with van der Waals surface area (Å²) in [5.41, 5.74) is 6.98. The van der Waals surface area contributed by atoms with Gasteiger partial charge in [-0.1, -0.05) is 19.9 Å². The van der Waals surface area contributed by atoms with Gasteiger partial charge in [0.05, 0.1) is 0 Å². The minimum Gasteiger partial charge on any atom is -0.375 e. The first-order valence-corrected chi connectivity index (χ1v) is 5.93. The number of carbonyl (C=O) groups excluding carboxylic acids is 1. The normalized spacial score (nSPS) is 16.5. The second kappa shape index (κ2) is 7.90. The number of hydrogen-bond donors (Lipinski definition) is 2. The lowest BCUT2D eigenvalue weighted by Crippen LogP contribution is -2.31. The Kier molecular flexibility index (Phi) is 7.30. The van der Waals surface area contributed by atoms with Gasteiger partial charge in [-0.3, -0.25) is 0 Å². The second-order valence-corrected chi connectivity index (χ2v) is 4.53. The Hall–Kier alpha value is -1.29. The lowest BCUT2D eigenvalue weighted by atomic mass is 10.1. The third kappa shape index (κ3) is 6.12. The van der Waals surface area contributed by atoms with Gasteiger partial charge in [-0.15, -0.1) is 0 Å². The molecule has 0 aromatic rings. The highest BCUT2D eigenvalue weighted by atomic mass is 16.1. The van der Waals surface area contributed by atoms with Crippen LogP contribution in [0.5, 0.6) is 0 Å². The maximum absolute atomic E-state index is 9.50. The smallest absolute Gasteiger partial charge is 0.122 e. The van der Waals surface area contributed by atoms with Crippen LogP contribution in [-0.4, -0.2) is 37.9 Å². The van der Waals surface area contributed by atoms with Gasteiger partial charge in [0.15, 0.2) is 0 Å². The van der Waals surface area contributed by atoms with Crippen molar-refractivity contribution in [2.24, 2.45) is 11.7 Å². The van der Waals surface area contributed by atoms with E-state index in [1.165, 1.54) is 5.57 Å². The Balaban J connectivity index is 0.000000437. The second-order valence-electron chi connectivity index (χ2n) is 4.53. The minimum absolute atomic E-state index is 0.127. The van der Waals surface area contributed by atoms with Gasteiger partial charge in [0.25, 0.3) is 0 Å². The Morgan fingerprint density at radius 1 is 1.47 bits per heavy atom. The van der Waals surface area contributed by atoms with E-state index in [1.54, 1.807) is 0 Å². The molecule has 1 rings (SSSR count). The maximum atomic E-state index is 9.50. The summed E-state index contributed by atoms with van der Waals surface area (Å²) < 4.78 is 0. The van der Waals surface area contributed by atoms with Gasteiger partial charge in [0, 0.05) is 32.6 Å². The van der Waals surface area contributed by atoms with Crippen LogP contribution >= 0.6 is 0 Å². The van der Waals surface area contributed by atoms with Crippen LogP contribution in [0.3, 0.4) is 0 Å². The Bertz CT molecular complexity index is 293. The summed E-state index contributed by atoms with van der Waals surface area (Å²) in [6.45, 7) is 6.64. The van der Waals surface area contributed by atoms with Gasteiger partial charge in [0.2, 0.25) is 0 Å². The first-order chi connectivity index (χ1) is 7.92. The van der Waals surface area contributed by atoms with Gasteiger partial charge in [0.1, 0.15) is 12.1 Å². The molecule has 0 aromatic heterocycles. The van der Waals surface area contributed by atoms with Gasteiger partial charge in [-0.2, -0.15) is 0 Å². The third-order valence-corrected chi connectivity index (χ3v) is 2.37. The topological polar surface area (TPSA) is 58.4 Å². The molecule has 0 fully saturated rings. The summed E-state index contributed by atoms with van der Waals surface area (Å²) in [4.78, 5) is 11.6. The summed E-state index contributed by atoms with van der Waals surface area (Å²) in [5, 5.41) is 3.13. The highest BCUT2D eigenvalue weighted by Crippen LogP contribution is 2.12. The molecule has 0 saturated carbocycles. The Labute approximate surface area is 105 Å². The molecule has 0 saturated heterocycles. The maximum Gasteiger partial charge on any atom is 0.122 e. The van der Waals surface area contributed by atoms with Gasteiger partial charge < -0.3 is 20.7 Å². The van der Waals surface area contributed by atoms with Crippen molar-refractivity contribution in [1.82, 2.24) is 10.2 Å².